The number of methoxy groups -OCH3 is 1. The van der Waals surface area contributed by atoms with Crippen LogP contribution in [0.15, 0.2) is 67.0 Å². The molecule has 0 aliphatic carbocycles. The van der Waals surface area contributed by atoms with E-state index in [-0.39, 0.29) is 11.5 Å². The summed E-state index contributed by atoms with van der Waals surface area (Å²) in [7, 11) is 1.46. The number of aryl methyl sites for hydroxylation is 1. The highest BCUT2D eigenvalue weighted by molar-refractivity contribution is 6.01. The number of carbonyl (C=O) groups excluding carboxylic acids is 2. The highest BCUT2D eigenvalue weighted by Gasteiger charge is 2.14. The molecule has 0 bridgehead atoms. The maximum atomic E-state index is 14.2. The Labute approximate surface area is 178 Å². The molecule has 0 unspecified atom stereocenters. The van der Waals surface area contributed by atoms with Crippen molar-refractivity contribution in [3.8, 4) is 17.2 Å². The first-order valence-electron chi connectivity index (χ1n) is 9.36. The first-order chi connectivity index (χ1) is 15.0. The maximum Gasteiger partial charge on any atom is 0.331 e. The molecule has 0 fully saturated rings. The minimum atomic E-state index is -0.726. The fourth-order valence-corrected chi connectivity index (χ4v) is 2.69. The number of nitrogens with zero attached hydrogens (tertiary/aromatic N) is 1. The van der Waals surface area contributed by atoms with Crippen LogP contribution >= 0.6 is 0 Å². The summed E-state index contributed by atoms with van der Waals surface area (Å²) >= 11 is 0. The summed E-state index contributed by atoms with van der Waals surface area (Å²) in [4.78, 5) is 28.1. The number of benzene rings is 2. The number of pyridine rings is 1. The number of rotatable bonds is 8. The van der Waals surface area contributed by atoms with E-state index in [9.17, 15) is 14.0 Å². The van der Waals surface area contributed by atoms with Crippen LogP contribution in [0.4, 0.5) is 4.39 Å². The molecule has 158 valence electrons. The molecule has 3 aromatic rings. The topological polar surface area (TPSA) is 74.7 Å². The van der Waals surface area contributed by atoms with E-state index < -0.39 is 18.4 Å². The maximum absolute atomic E-state index is 14.2. The summed E-state index contributed by atoms with van der Waals surface area (Å²) < 4.78 is 29.9. The quantitative estimate of drug-likeness (QED) is 0.296. The minimum absolute atomic E-state index is 0.0327. The van der Waals surface area contributed by atoms with Crippen molar-refractivity contribution in [3.05, 3.63) is 89.5 Å². The summed E-state index contributed by atoms with van der Waals surface area (Å²) in [6, 6.07) is 12.7. The van der Waals surface area contributed by atoms with Gasteiger partial charge in [0.15, 0.2) is 18.2 Å². The Morgan fingerprint density at radius 3 is 2.65 bits per heavy atom. The van der Waals surface area contributed by atoms with Crippen molar-refractivity contribution in [3.63, 3.8) is 0 Å². The first-order valence-corrected chi connectivity index (χ1v) is 9.36. The molecule has 2 aromatic carbocycles. The summed E-state index contributed by atoms with van der Waals surface area (Å²) in [6.07, 6.45) is 5.56. The summed E-state index contributed by atoms with van der Waals surface area (Å²) in [5, 5.41) is 0. The van der Waals surface area contributed by atoms with Crippen molar-refractivity contribution in [1.82, 2.24) is 4.98 Å². The van der Waals surface area contributed by atoms with E-state index >= 15 is 0 Å². The average Bonchev–Trinajstić information content (AvgIpc) is 2.78. The molecule has 1 aromatic heterocycles. The Hall–Kier alpha value is -4.00. The van der Waals surface area contributed by atoms with Gasteiger partial charge >= 0.3 is 5.97 Å². The van der Waals surface area contributed by atoms with Gasteiger partial charge in [0.25, 0.3) is 0 Å². The van der Waals surface area contributed by atoms with Gasteiger partial charge in [-0.3, -0.25) is 9.78 Å². The van der Waals surface area contributed by atoms with Gasteiger partial charge in [0.1, 0.15) is 11.5 Å². The molecular weight excluding hydrogens is 401 g/mol. The smallest absolute Gasteiger partial charge is 0.331 e. The Bertz CT molecular complexity index is 1110. The Morgan fingerprint density at radius 2 is 1.94 bits per heavy atom. The van der Waals surface area contributed by atoms with E-state index in [4.69, 9.17) is 14.2 Å². The SMILES string of the molecule is COc1cc(C)ccc1C(=O)COC(=O)/C=C/c1ccc(Oc2cccnc2)c(F)c1. The molecule has 31 heavy (non-hydrogen) atoms. The third kappa shape index (κ3) is 5.99. The number of aromatic nitrogens is 1. The highest BCUT2D eigenvalue weighted by atomic mass is 19.1. The molecule has 0 aliphatic rings. The van der Waals surface area contributed by atoms with Gasteiger partial charge in [0.05, 0.1) is 18.9 Å². The van der Waals surface area contributed by atoms with Crippen LogP contribution in [0.5, 0.6) is 17.2 Å². The van der Waals surface area contributed by atoms with Gasteiger partial charge in [-0.15, -0.1) is 0 Å². The fourth-order valence-electron chi connectivity index (χ4n) is 2.69. The van der Waals surface area contributed by atoms with Gasteiger partial charge in [-0.05, 0) is 60.5 Å². The van der Waals surface area contributed by atoms with Crippen molar-refractivity contribution >= 4 is 17.8 Å². The van der Waals surface area contributed by atoms with Gasteiger partial charge in [-0.1, -0.05) is 12.1 Å². The van der Waals surface area contributed by atoms with Crippen LogP contribution in [0.3, 0.4) is 0 Å². The summed E-state index contributed by atoms with van der Waals surface area (Å²) in [5.74, 6) is -0.854. The predicted molar refractivity (Wildman–Crippen MR) is 113 cm³/mol. The van der Waals surface area contributed by atoms with Gasteiger partial charge < -0.3 is 14.2 Å². The lowest BCUT2D eigenvalue weighted by Crippen LogP contribution is -2.13. The number of ether oxygens (including phenoxy) is 3. The summed E-state index contributed by atoms with van der Waals surface area (Å²) in [5.41, 5.74) is 1.70. The number of carbonyl (C=O) groups is 2. The van der Waals surface area contributed by atoms with Crippen molar-refractivity contribution in [1.29, 1.82) is 0 Å². The molecule has 0 saturated carbocycles. The van der Waals surface area contributed by atoms with Gasteiger partial charge in [-0.25, -0.2) is 9.18 Å². The Morgan fingerprint density at radius 1 is 1.10 bits per heavy atom. The van der Waals surface area contributed by atoms with Crippen LogP contribution in [-0.2, 0) is 9.53 Å². The van der Waals surface area contributed by atoms with E-state index in [1.54, 1.807) is 42.6 Å². The average molecular weight is 421 g/mol. The number of hydrogen-bond acceptors (Lipinski definition) is 6. The van der Waals surface area contributed by atoms with Crippen molar-refractivity contribution in [2.24, 2.45) is 0 Å². The number of hydrogen-bond donors (Lipinski definition) is 0. The third-order valence-corrected chi connectivity index (χ3v) is 4.23. The standard InChI is InChI=1S/C24H20FNO5/c1-16-5-8-19(23(12-16)29-2)21(27)15-30-24(28)10-7-17-6-9-22(20(25)13-17)31-18-4-3-11-26-14-18/h3-14H,15H2,1-2H3/b10-7+. The molecule has 1 heterocycles. The van der Waals surface area contributed by atoms with Crippen molar-refractivity contribution in [2.45, 2.75) is 6.92 Å². The highest BCUT2D eigenvalue weighted by Crippen LogP contribution is 2.25. The number of halogens is 1. The molecule has 0 aliphatic heterocycles. The van der Waals surface area contributed by atoms with Crippen LogP contribution < -0.4 is 9.47 Å². The molecule has 6 nitrogen and oxygen atoms in total. The molecule has 0 N–H and O–H groups in total. The van der Waals surface area contributed by atoms with Crippen LogP contribution in [0, 0.1) is 12.7 Å². The lowest BCUT2D eigenvalue weighted by atomic mass is 10.1. The number of esters is 1. The predicted octanol–water partition coefficient (Wildman–Crippen LogP) is 4.77. The van der Waals surface area contributed by atoms with Crippen LogP contribution in [0.25, 0.3) is 6.08 Å². The fraction of sp³-hybridized carbons (Fsp3) is 0.125. The zero-order chi connectivity index (χ0) is 22.2. The van der Waals surface area contributed by atoms with Crippen LogP contribution in [0.1, 0.15) is 21.5 Å². The number of ketones is 1. The van der Waals surface area contributed by atoms with Gasteiger partial charge in [0, 0.05) is 12.3 Å². The Balaban J connectivity index is 1.57. The van der Waals surface area contributed by atoms with Crippen LogP contribution in [0.2, 0.25) is 0 Å². The first kappa shape index (κ1) is 21.7. The molecule has 3 rings (SSSR count). The van der Waals surface area contributed by atoms with E-state index in [0.717, 1.165) is 11.6 Å². The second-order valence-corrected chi connectivity index (χ2v) is 6.55. The van der Waals surface area contributed by atoms with E-state index in [0.29, 0.717) is 22.6 Å². The molecule has 0 amide bonds. The zero-order valence-corrected chi connectivity index (χ0v) is 17.0. The molecule has 0 spiro atoms. The largest absolute Gasteiger partial charge is 0.496 e. The molecule has 0 saturated heterocycles. The van der Waals surface area contributed by atoms with Crippen molar-refractivity contribution in [2.75, 3.05) is 13.7 Å². The Kier molecular flexibility index (Phi) is 7.11. The van der Waals surface area contributed by atoms with Gasteiger partial charge in [-0.2, -0.15) is 0 Å². The van der Waals surface area contributed by atoms with E-state index in [1.807, 2.05) is 6.92 Å². The van der Waals surface area contributed by atoms with E-state index in [1.165, 1.54) is 31.5 Å². The molecule has 0 radical (unpaired) electrons. The lowest BCUT2D eigenvalue weighted by Gasteiger charge is -2.08. The summed E-state index contributed by atoms with van der Waals surface area (Å²) in [6.45, 7) is 1.44. The molecule has 0 atom stereocenters. The van der Waals surface area contributed by atoms with E-state index in [2.05, 4.69) is 4.98 Å². The van der Waals surface area contributed by atoms with Crippen LogP contribution in [-0.4, -0.2) is 30.5 Å². The minimum Gasteiger partial charge on any atom is -0.496 e. The van der Waals surface area contributed by atoms with Crippen molar-refractivity contribution < 1.29 is 28.2 Å². The van der Waals surface area contributed by atoms with Gasteiger partial charge in [0.2, 0.25) is 5.78 Å². The molecular formula is C24H20FNO5. The second-order valence-electron chi connectivity index (χ2n) is 6.55. The second kappa shape index (κ2) is 10.2. The lowest BCUT2D eigenvalue weighted by molar-refractivity contribution is -0.136. The normalized spacial score (nSPS) is 10.7. The third-order valence-electron chi connectivity index (χ3n) is 4.23. The molecule has 7 heteroatoms. The monoisotopic (exact) mass is 421 g/mol. The number of Topliss-reactive ketones (excluding diaryl/α,β-unsaturated/α-hetero) is 1. The zero-order valence-electron chi connectivity index (χ0n) is 17.0.